The molecule has 1 aliphatic rings. The van der Waals surface area contributed by atoms with E-state index in [0.717, 1.165) is 5.56 Å². The first-order valence-corrected chi connectivity index (χ1v) is 8.80. The molecule has 1 amide bonds. The Morgan fingerprint density at radius 1 is 1.36 bits per heavy atom. The standard InChI is InChI=1S/C15H21FN2O3S/c1-15(2,3)22(20,21)9-13(19)18-12-5-4-10-8-17-7-6-11(10)14(12)16/h4-5,17H,6-9H2,1-3H3,(H,18,19). The van der Waals surface area contributed by atoms with Crippen molar-refractivity contribution in [2.45, 2.75) is 38.5 Å². The summed E-state index contributed by atoms with van der Waals surface area (Å²) in [6.07, 6.45) is 0.547. The van der Waals surface area contributed by atoms with E-state index in [1.807, 2.05) is 0 Å². The molecule has 2 rings (SSSR count). The van der Waals surface area contributed by atoms with Crippen molar-refractivity contribution in [3.63, 3.8) is 0 Å². The summed E-state index contributed by atoms with van der Waals surface area (Å²) in [7, 11) is -3.59. The quantitative estimate of drug-likeness (QED) is 0.884. The molecule has 0 saturated carbocycles. The second-order valence-corrected chi connectivity index (χ2v) is 9.15. The van der Waals surface area contributed by atoms with Crippen LogP contribution in [0.15, 0.2) is 12.1 Å². The third kappa shape index (κ3) is 3.47. The van der Waals surface area contributed by atoms with Gasteiger partial charge in [-0.1, -0.05) is 6.07 Å². The Labute approximate surface area is 130 Å². The molecule has 7 heteroatoms. The Kier molecular flexibility index (Phi) is 4.58. The van der Waals surface area contributed by atoms with E-state index in [2.05, 4.69) is 10.6 Å². The van der Waals surface area contributed by atoms with Gasteiger partial charge in [-0.15, -0.1) is 0 Å². The van der Waals surface area contributed by atoms with E-state index in [1.165, 1.54) is 26.8 Å². The fourth-order valence-electron chi connectivity index (χ4n) is 2.21. The normalized spacial score (nSPS) is 15.3. The number of hydrogen-bond acceptors (Lipinski definition) is 4. The van der Waals surface area contributed by atoms with Crippen LogP contribution in [0.3, 0.4) is 0 Å². The smallest absolute Gasteiger partial charge is 0.239 e. The predicted octanol–water partition coefficient (Wildman–Crippen LogP) is 1.62. The number of halogens is 1. The minimum Gasteiger partial charge on any atom is -0.323 e. The van der Waals surface area contributed by atoms with E-state index in [0.29, 0.717) is 25.1 Å². The maximum atomic E-state index is 14.4. The molecule has 1 aliphatic heterocycles. The van der Waals surface area contributed by atoms with Gasteiger partial charge in [0.05, 0.1) is 10.4 Å². The molecule has 0 atom stereocenters. The third-order valence-corrected chi connectivity index (χ3v) is 6.24. The minimum absolute atomic E-state index is 0.0368. The number of anilines is 1. The molecule has 5 nitrogen and oxygen atoms in total. The van der Waals surface area contributed by atoms with E-state index in [-0.39, 0.29) is 5.69 Å². The molecular weight excluding hydrogens is 307 g/mol. The zero-order valence-corrected chi connectivity index (χ0v) is 13.8. The van der Waals surface area contributed by atoms with Crippen LogP contribution < -0.4 is 10.6 Å². The molecular formula is C15H21FN2O3S. The number of benzene rings is 1. The monoisotopic (exact) mass is 328 g/mol. The van der Waals surface area contributed by atoms with E-state index in [9.17, 15) is 17.6 Å². The largest absolute Gasteiger partial charge is 0.323 e. The van der Waals surface area contributed by atoms with Crippen molar-refractivity contribution in [3.8, 4) is 0 Å². The summed E-state index contributed by atoms with van der Waals surface area (Å²) in [5.41, 5.74) is 1.48. The van der Waals surface area contributed by atoms with Crippen molar-refractivity contribution in [1.29, 1.82) is 0 Å². The molecule has 0 radical (unpaired) electrons. The average Bonchev–Trinajstić information content (AvgIpc) is 2.40. The van der Waals surface area contributed by atoms with Gasteiger partial charge in [0, 0.05) is 6.54 Å². The summed E-state index contributed by atoms with van der Waals surface area (Å²) in [5.74, 6) is -1.85. The van der Waals surface area contributed by atoms with Gasteiger partial charge in [0.25, 0.3) is 0 Å². The van der Waals surface area contributed by atoms with Crippen molar-refractivity contribution >= 4 is 21.4 Å². The molecule has 1 aromatic carbocycles. The topological polar surface area (TPSA) is 75.3 Å². The molecule has 0 unspecified atom stereocenters. The molecule has 0 fully saturated rings. The van der Waals surface area contributed by atoms with E-state index >= 15 is 0 Å². The number of hydrogen-bond donors (Lipinski definition) is 2. The van der Waals surface area contributed by atoms with Crippen LogP contribution in [0, 0.1) is 5.82 Å². The Morgan fingerprint density at radius 2 is 2.05 bits per heavy atom. The van der Waals surface area contributed by atoms with Crippen molar-refractivity contribution in [2.24, 2.45) is 0 Å². The van der Waals surface area contributed by atoms with Gasteiger partial charge in [0.15, 0.2) is 9.84 Å². The molecule has 0 aliphatic carbocycles. The molecule has 0 aromatic heterocycles. The van der Waals surface area contributed by atoms with Crippen LogP contribution in [-0.4, -0.2) is 31.4 Å². The maximum Gasteiger partial charge on any atom is 0.239 e. The van der Waals surface area contributed by atoms with Gasteiger partial charge in [0.2, 0.25) is 5.91 Å². The Bertz CT molecular complexity index is 693. The van der Waals surface area contributed by atoms with Gasteiger partial charge in [-0.05, 0) is 50.9 Å². The molecule has 0 spiro atoms. The van der Waals surface area contributed by atoms with E-state index < -0.39 is 32.1 Å². The van der Waals surface area contributed by atoms with Gasteiger partial charge in [-0.2, -0.15) is 0 Å². The van der Waals surface area contributed by atoms with Crippen LogP contribution >= 0.6 is 0 Å². The number of nitrogens with one attached hydrogen (secondary N) is 2. The first-order valence-electron chi connectivity index (χ1n) is 7.15. The number of rotatable bonds is 3. The number of carbonyl (C=O) groups excluding carboxylic acids is 1. The number of amides is 1. The fraction of sp³-hybridized carbons (Fsp3) is 0.533. The van der Waals surface area contributed by atoms with E-state index in [4.69, 9.17) is 0 Å². The van der Waals surface area contributed by atoms with Gasteiger partial charge in [0.1, 0.15) is 11.6 Å². The highest BCUT2D eigenvalue weighted by atomic mass is 32.2. The number of carbonyl (C=O) groups is 1. The van der Waals surface area contributed by atoms with Crippen LogP contribution in [0.1, 0.15) is 31.9 Å². The zero-order chi connectivity index (χ0) is 16.5. The summed E-state index contributed by atoms with van der Waals surface area (Å²) in [5, 5.41) is 5.52. The highest BCUT2D eigenvalue weighted by Crippen LogP contribution is 2.25. The molecule has 1 heterocycles. The Hall–Kier alpha value is -1.47. The predicted molar refractivity (Wildman–Crippen MR) is 84.0 cm³/mol. The van der Waals surface area contributed by atoms with Crippen LogP contribution in [0.5, 0.6) is 0 Å². The molecule has 122 valence electrons. The van der Waals surface area contributed by atoms with E-state index in [1.54, 1.807) is 6.07 Å². The summed E-state index contributed by atoms with van der Waals surface area (Å²) in [6.45, 7) is 5.87. The SMILES string of the molecule is CC(C)(C)S(=O)(=O)CC(=O)Nc1ccc2c(c1F)CCNC2. The van der Waals surface area contributed by atoms with Gasteiger partial charge in [-0.25, -0.2) is 12.8 Å². The zero-order valence-electron chi connectivity index (χ0n) is 13.0. The first-order chi connectivity index (χ1) is 10.1. The van der Waals surface area contributed by atoms with Gasteiger partial charge >= 0.3 is 0 Å². The highest BCUT2D eigenvalue weighted by molar-refractivity contribution is 7.93. The highest BCUT2D eigenvalue weighted by Gasteiger charge is 2.31. The lowest BCUT2D eigenvalue weighted by molar-refractivity contribution is -0.113. The lowest BCUT2D eigenvalue weighted by Gasteiger charge is -2.20. The van der Waals surface area contributed by atoms with Crippen molar-refractivity contribution in [2.75, 3.05) is 17.6 Å². The summed E-state index contributed by atoms with van der Waals surface area (Å²) < 4.78 is 37.4. The number of sulfone groups is 1. The summed E-state index contributed by atoms with van der Waals surface area (Å²) in [6, 6.07) is 3.22. The van der Waals surface area contributed by atoms with Crippen LogP contribution in [0.25, 0.3) is 0 Å². The summed E-state index contributed by atoms with van der Waals surface area (Å²) in [4.78, 5) is 11.9. The Balaban J connectivity index is 2.16. The van der Waals surface area contributed by atoms with Crippen molar-refractivity contribution < 1.29 is 17.6 Å². The van der Waals surface area contributed by atoms with Gasteiger partial charge < -0.3 is 10.6 Å². The molecule has 0 bridgehead atoms. The third-order valence-electron chi connectivity index (χ3n) is 3.74. The first kappa shape index (κ1) is 16.9. The molecule has 1 aromatic rings. The molecule has 22 heavy (non-hydrogen) atoms. The maximum absolute atomic E-state index is 14.4. The van der Waals surface area contributed by atoms with Crippen molar-refractivity contribution in [3.05, 3.63) is 29.1 Å². The second-order valence-electron chi connectivity index (χ2n) is 6.41. The number of fused-ring (bicyclic) bond motifs is 1. The van der Waals surface area contributed by atoms with Crippen LogP contribution in [-0.2, 0) is 27.6 Å². The van der Waals surface area contributed by atoms with Gasteiger partial charge in [-0.3, -0.25) is 4.79 Å². The van der Waals surface area contributed by atoms with Crippen LogP contribution in [0.2, 0.25) is 0 Å². The lowest BCUT2D eigenvalue weighted by Crippen LogP contribution is -2.35. The van der Waals surface area contributed by atoms with Crippen molar-refractivity contribution in [1.82, 2.24) is 5.32 Å². The average molecular weight is 328 g/mol. The molecule has 2 N–H and O–H groups in total. The minimum atomic E-state index is -3.59. The second kappa shape index (κ2) is 5.96. The van der Waals surface area contributed by atoms with Crippen LogP contribution in [0.4, 0.5) is 10.1 Å². The lowest BCUT2D eigenvalue weighted by atomic mass is 9.99. The molecule has 0 saturated heterocycles. The fourth-order valence-corrected chi connectivity index (χ4v) is 3.06. The Morgan fingerprint density at radius 3 is 2.68 bits per heavy atom. The summed E-state index contributed by atoms with van der Waals surface area (Å²) >= 11 is 0.